The Kier molecular flexibility index (Phi) is 8.96. The van der Waals surface area contributed by atoms with Crippen LogP contribution in [0.1, 0.15) is 73.9 Å². The first-order chi connectivity index (χ1) is 25.5. The third-order valence-corrected chi connectivity index (χ3v) is 11.2. The van der Waals surface area contributed by atoms with E-state index in [4.69, 9.17) is 4.98 Å². The number of nitrogens with one attached hydrogen (secondary N) is 2. The summed E-state index contributed by atoms with van der Waals surface area (Å²) in [5.41, 5.74) is 4.31. The van der Waals surface area contributed by atoms with Gasteiger partial charge in [-0.25, -0.2) is 9.97 Å². The molecule has 1 unspecified atom stereocenters. The molecular weight excluding hydrogens is 679 g/mol. The number of hydrogen-bond acceptors (Lipinski definition) is 5. The molecule has 0 spiro atoms. The Bertz CT molecular complexity index is 2090. The van der Waals surface area contributed by atoms with E-state index >= 15 is 0 Å². The highest BCUT2D eigenvalue weighted by Crippen LogP contribution is 2.59. The highest BCUT2D eigenvalue weighted by Gasteiger charge is 2.70. The van der Waals surface area contributed by atoms with Gasteiger partial charge in [-0.05, 0) is 80.4 Å². The van der Waals surface area contributed by atoms with E-state index < -0.39 is 23.5 Å². The number of alkyl halides is 3. The molecule has 12 heteroatoms. The van der Waals surface area contributed by atoms with E-state index in [1.165, 1.54) is 4.90 Å². The highest BCUT2D eigenvalue weighted by molar-refractivity contribution is 5.87. The minimum absolute atomic E-state index is 0.0770. The van der Waals surface area contributed by atoms with E-state index in [2.05, 4.69) is 39.2 Å². The molecule has 3 aromatic carbocycles. The maximum atomic E-state index is 13.9. The first-order valence-corrected chi connectivity index (χ1v) is 18.2. The molecule has 2 amide bonds. The fourth-order valence-electron chi connectivity index (χ4n) is 8.07. The van der Waals surface area contributed by atoms with Crippen molar-refractivity contribution in [1.82, 2.24) is 34.6 Å². The van der Waals surface area contributed by atoms with E-state index in [1.54, 1.807) is 6.20 Å². The van der Waals surface area contributed by atoms with Crippen LogP contribution in [0.15, 0.2) is 91.3 Å². The Balaban J connectivity index is 0.932. The van der Waals surface area contributed by atoms with Gasteiger partial charge in [-0.3, -0.25) is 14.5 Å². The van der Waals surface area contributed by atoms with E-state index in [0.717, 1.165) is 57.9 Å². The Morgan fingerprint density at radius 3 is 1.68 bits per heavy atom. The number of aromatic nitrogens is 4. The van der Waals surface area contributed by atoms with Crippen molar-refractivity contribution in [3.05, 3.63) is 108 Å². The molecule has 0 bridgehead atoms. The third-order valence-electron chi connectivity index (χ3n) is 11.2. The lowest BCUT2D eigenvalue weighted by Gasteiger charge is -2.31. The summed E-state index contributed by atoms with van der Waals surface area (Å²) in [5.74, 6) is 0.563. The lowest BCUT2D eigenvalue weighted by atomic mass is 10.0. The molecule has 274 valence electrons. The summed E-state index contributed by atoms with van der Waals surface area (Å²) < 4.78 is 41.1. The fraction of sp³-hybridized carbons (Fsp3) is 0.366. The summed E-state index contributed by atoms with van der Waals surface area (Å²) in [4.78, 5) is 48.2. The van der Waals surface area contributed by atoms with E-state index in [-0.39, 0.29) is 30.8 Å². The summed E-state index contributed by atoms with van der Waals surface area (Å²) in [5, 5.41) is 0. The number of carbonyl (C=O) groups excluding carboxylic acids is 2. The lowest BCUT2D eigenvalue weighted by molar-refractivity contribution is -0.199. The summed E-state index contributed by atoms with van der Waals surface area (Å²) in [6.45, 7) is 0.997. The average Bonchev–Trinajstić information content (AvgIpc) is 3.66. The average molecular weight is 722 g/mol. The van der Waals surface area contributed by atoms with Gasteiger partial charge in [0, 0.05) is 13.1 Å². The summed E-state index contributed by atoms with van der Waals surface area (Å²) in [6.07, 6.45) is 1.69. The van der Waals surface area contributed by atoms with Crippen LogP contribution < -0.4 is 0 Å². The fourth-order valence-corrected chi connectivity index (χ4v) is 8.07. The molecule has 5 aromatic rings. The molecule has 8 rings (SSSR count). The van der Waals surface area contributed by atoms with Crippen molar-refractivity contribution < 1.29 is 22.8 Å². The minimum atomic E-state index is -4.53. The zero-order chi connectivity index (χ0) is 36.9. The number of likely N-dealkylation sites (N-methyl/N-ethyl adjacent to an activating group) is 1. The number of carbonyl (C=O) groups is 2. The van der Waals surface area contributed by atoms with Crippen LogP contribution in [0.2, 0.25) is 0 Å². The molecule has 53 heavy (non-hydrogen) atoms. The third kappa shape index (κ3) is 6.43. The lowest BCUT2D eigenvalue weighted by Crippen LogP contribution is -2.44. The topological polar surface area (TPSA) is 101 Å². The number of amides is 2. The maximum absolute atomic E-state index is 13.9. The normalized spacial score (nSPS) is 20.3. The number of benzene rings is 3. The monoisotopic (exact) mass is 721 g/mol. The van der Waals surface area contributed by atoms with Crippen LogP contribution in [0.4, 0.5) is 13.2 Å². The second kappa shape index (κ2) is 13.6. The summed E-state index contributed by atoms with van der Waals surface area (Å²) in [6, 6.07) is 25.1. The summed E-state index contributed by atoms with van der Waals surface area (Å²) in [7, 11) is 3.87. The smallest absolute Gasteiger partial charge is 0.340 e. The van der Waals surface area contributed by atoms with Crippen molar-refractivity contribution >= 4 is 11.8 Å². The molecule has 4 heterocycles. The Labute approximate surface area is 306 Å². The molecule has 3 aliphatic rings. The van der Waals surface area contributed by atoms with Crippen molar-refractivity contribution in [2.75, 3.05) is 27.2 Å². The van der Waals surface area contributed by atoms with Crippen molar-refractivity contribution in [3.63, 3.8) is 0 Å². The minimum Gasteiger partial charge on any atom is -0.340 e. The predicted molar refractivity (Wildman–Crippen MR) is 195 cm³/mol. The first-order valence-electron chi connectivity index (χ1n) is 18.2. The number of H-pyrrole nitrogens is 2. The van der Waals surface area contributed by atoms with Gasteiger partial charge >= 0.3 is 6.18 Å². The van der Waals surface area contributed by atoms with Crippen molar-refractivity contribution in [2.24, 2.45) is 5.41 Å². The van der Waals surface area contributed by atoms with Gasteiger partial charge in [0.2, 0.25) is 11.8 Å². The predicted octanol–water partition coefficient (Wildman–Crippen LogP) is 8.11. The van der Waals surface area contributed by atoms with Crippen molar-refractivity contribution in [1.29, 1.82) is 0 Å². The molecule has 0 radical (unpaired) electrons. The Morgan fingerprint density at radius 1 is 0.736 bits per heavy atom. The van der Waals surface area contributed by atoms with Gasteiger partial charge in [0.15, 0.2) is 0 Å². The van der Waals surface area contributed by atoms with Crippen molar-refractivity contribution in [3.8, 4) is 33.6 Å². The van der Waals surface area contributed by atoms with Gasteiger partial charge in [0.05, 0.1) is 35.9 Å². The van der Waals surface area contributed by atoms with Gasteiger partial charge in [-0.15, -0.1) is 0 Å². The molecule has 3 fully saturated rings. The Morgan fingerprint density at radius 2 is 1.21 bits per heavy atom. The quantitative estimate of drug-likeness (QED) is 0.160. The molecule has 2 N–H and O–H groups in total. The molecule has 2 aliphatic heterocycles. The van der Waals surface area contributed by atoms with Crippen LogP contribution in [0, 0.1) is 5.41 Å². The van der Waals surface area contributed by atoms with Crippen LogP contribution >= 0.6 is 0 Å². The van der Waals surface area contributed by atoms with Crippen LogP contribution in [0.25, 0.3) is 33.6 Å². The van der Waals surface area contributed by atoms with E-state index in [0.29, 0.717) is 31.8 Å². The molecule has 9 nitrogen and oxygen atoms in total. The zero-order valence-electron chi connectivity index (χ0n) is 29.7. The number of imidazole rings is 2. The number of hydrogen-bond donors (Lipinski definition) is 2. The van der Waals surface area contributed by atoms with E-state index in [1.807, 2.05) is 84.7 Å². The van der Waals surface area contributed by atoms with Gasteiger partial charge in [-0.2, -0.15) is 13.2 Å². The largest absolute Gasteiger partial charge is 0.403 e. The number of halogens is 3. The number of likely N-dealkylation sites (tertiary alicyclic amines) is 2. The summed E-state index contributed by atoms with van der Waals surface area (Å²) >= 11 is 0. The molecule has 2 saturated heterocycles. The van der Waals surface area contributed by atoms with Crippen LogP contribution in [0.3, 0.4) is 0 Å². The maximum Gasteiger partial charge on any atom is 0.403 e. The Hall–Kier alpha value is -5.23. The second-order valence-electron chi connectivity index (χ2n) is 14.7. The van der Waals surface area contributed by atoms with Crippen LogP contribution in [-0.2, 0) is 9.59 Å². The van der Waals surface area contributed by atoms with Crippen LogP contribution in [0.5, 0.6) is 0 Å². The van der Waals surface area contributed by atoms with Gasteiger partial charge < -0.3 is 19.8 Å². The van der Waals surface area contributed by atoms with Gasteiger partial charge in [0.1, 0.15) is 23.1 Å². The van der Waals surface area contributed by atoms with Gasteiger partial charge in [0.25, 0.3) is 0 Å². The molecule has 1 saturated carbocycles. The number of aromatic amines is 2. The molecule has 3 atom stereocenters. The number of rotatable bonds is 9. The van der Waals surface area contributed by atoms with Crippen molar-refractivity contribution in [2.45, 2.75) is 62.8 Å². The van der Waals surface area contributed by atoms with Crippen LogP contribution in [-0.4, -0.2) is 79.8 Å². The van der Waals surface area contributed by atoms with E-state index in [9.17, 15) is 22.8 Å². The molecular formula is C41H42F3N7O2. The number of nitrogens with zero attached hydrogens (tertiary/aromatic N) is 5. The SMILES string of the molecule is CN(C)C(C(=O)N1CCC[C@H]1c1ncc(-c2ccc(-c3ccc(-c4cnc([C@@H]5CCCN5C(=O)C5(C(F)(F)F)CC5)[nH]4)cc3)cc2)[nH]1)c1ccccc1. The second-order valence-corrected chi connectivity index (χ2v) is 14.7. The molecule has 1 aliphatic carbocycles. The highest BCUT2D eigenvalue weighted by atomic mass is 19.4. The van der Waals surface area contributed by atoms with Gasteiger partial charge in [-0.1, -0.05) is 78.9 Å². The standard InChI is InChI=1S/C41H42F3N7O2/c1-49(2)35(30-8-4-3-5-9-30)38(52)50-22-6-10-33(50)36-45-24-31(47-36)28-16-12-26(13-17-28)27-14-18-29(19-15-27)32-25-46-37(48-32)34-11-7-23-51(34)39(53)40(20-21-40)41(42,43)44/h3-5,8-9,12-19,24-25,33-35H,6-7,10-11,20-23H2,1-2H3,(H,45,47)(H,46,48)/t33-,34-,35?/m0/s1. The first kappa shape index (κ1) is 34.8. The zero-order valence-corrected chi connectivity index (χ0v) is 29.7. The molecule has 2 aromatic heterocycles.